The molecule has 1 aliphatic rings. The Morgan fingerprint density at radius 1 is 1.18 bits per heavy atom. The van der Waals surface area contributed by atoms with E-state index in [0.717, 1.165) is 25.0 Å². The molecule has 0 saturated carbocycles. The summed E-state index contributed by atoms with van der Waals surface area (Å²) in [5.41, 5.74) is 2.09. The predicted octanol–water partition coefficient (Wildman–Crippen LogP) is 3.94. The van der Waals surface area contributed by atoms with Gasteiger partial charge in [0.05, 0.1) is 31.0 Å². The number of thioether (sulfide) groups is 1. The molecule has 8 nitrogen and oxygen atoms in total. The lowest BCUT2D eigenvalue weighted by atomic mass is 10.0. The fourth-order valence-corrected chi connectivity index (χ4v) is 5.07. The molecule has 0 bridgehead atoms. The second-order valence-corrected chi connectivity index (χ2v) is 9.08. The summed E-state index contributed by atoms with van der Waals surface area (Å²) in [7, 11) is 3.16. The molecule has 178 valence electrons. The molecule has 1 atom stereocenters. The molecular weight excluding hydrogens is 452 g/mol. The number of amides is 1. The van der Waals surface area contributed by atoms with Crippen molar-refractivity contribution in [2.75, 3.05) is 24.9 Å². The van der Waals surface area contributed by atoms with Gasteiger partial charge in [0.25, 0.3) is 6.17 Å². The van der Waals surface area contributed by atoms with Crippen LogP contribution in [-0.2, 0) is 4.79 Å². The van der Waals surface area contributed by atoms with Gasteiger partial charge >= 0.3 is 11.3 Å². The van der Waals surface area contributed by atoms with E-state index in [1.165, 1.54) is 18.7 Å². The number of unbranched alkanes of at least 4 members (excludes halogenated alkanes) is 2. The maximum absolute atomic E-state index is 13.4. The van der Waals surface area contributed by atoms with Crippen LogP contribution in [-0.4, -0.2) is 36.0 Å². The molecule has 0 radical (unpaired) electrons. The Bertz CT molecular complexity index is 1260. The lowest BCUT2D eigenvalue weighted by molar-refractivity contribution is -0.763. The normalized spacial score (nSPS) is 14.4. The van der Waals surface area contributed by atoms with Gasteiger partial charge in [-0.05, 0) is 41.4 Å². The van der Waals surface area contributed by atoms with Crippen molar-refractivity contribution in [3.8, 4) is 22.8 Å². The number of benzene rings is 2. The molecule has 2 aromatic carbocycles. The highest BCUT2D eigenvalue weighted by Crippen LogP contribution is 2.40. The zero-order valence-corrected chi connectivity index (χ0v) is 20.6. The van der Waals surface area contributed by atoms with E-state index in [0.29, 0.717) is 39.2 Å². The second-order valence-electron chi connectivity index (χ2n) is 8.00. The number of hydrogen-bond donors (Lipinski definition) is 1. The fourth-order valence-electron chi connectivity index (χ4n) is 4.22. The molecule has 34 heavy (non-hydrogen) atoms. The third-order valence-electron chi connectivity index (χ3n) is 5.80. The van der Waals surface area contributed by atoms with Gasteiger partial charge in [-0.3, -0.25) is 14.6 Å². The molecule has 1 N–H and O–H groups in total. The van der Waals surface area contributed by atoms with Gasteiger partial charge in [-0.1, -0.05) is 43.7 Å². The highest BCUT2D eigenvalue weighted by molar-refractivity contribution is 7.99. The standard InChI is InChI=1S/C25H28N4O4S/c1-5-6-9-14-34-25-26-23(31)22-18-10-7-8-11-20(18)28(16(2)30)24(29(22)27-25)19-15-17(32-3)12-13-21(19)33-4/h7-8,10-13,15,24H,5-6,9,14H2,1-4H3/p+1. The predicted molar refractivity (Wildman–Crippen MR) is 132 cm³/mol. The van der Waals surface area contributed by atoms with Crippen LogP contribution in [0.5, 0.6) is 11.5 Å². The van der Waals surface area contributed by atoms with Crippen molar-refractivity contribution in [3.05, 3.63) is 58.4 Å². The number of nitrogens with zero attached hydrogens (tertiary/aromatic N) is 3. The maximum Gasteiger partial charge on any atom is 0.325 e. The van der Waals surface area contributed by atoms with Crippen LogP contribution in [0.2, 0.25) is 0 Å². The Hall–Kier alpha value is -3.33. The van der Waals surface area contributed by atoms with Crippen LogP contribution in [0, 0.1) is 0 Å². The van der Waals surface area contributed by atoms with Crippen LogP contribution in [0.1, 0.15) is 44.8 Å². The molecule has 0 aliphatic carbocycles. The molecule has 4 rings (SSSR count). The minimum Gasteiger partial charge on any atom is -0.497 e. The fraction of sp³-hybridized carbons (Fsp3) is 0.360. The minimum absolute atomic E-state index is 0.181. The van der Waals surface area contributed by atoms with E-state index < -0.39 is 6.17 Å². The van der Waals surface area contributed by atoms with E-state index in [2.05, 4.69) is 11.9 Å². The molecule has 1 aliphatic heterocycles. The summed E-state index contributed by atoms with van der Waals surface area (Å²) >= 11 is 1.51. The van der Waals surface area contributed by atoms with Gasteiger partial charge in [-0.25, -0.2) is 4.90 Å². The van der Waals surface area contributed by atoms with Crippen LogP contribution in [0.4, 0.5) is 5.69 Å². The maximum atomic E-state index is 13.4. The number of ether oxygens (including phenoxy) is 2. The Balaban J connectivity index is 1.97. The van der Waals surface area contributed by atoms with Crippen LogP contribution in [0.3, 0.4) is 0 Å². The van der Waals surface area contributed by atoms with E-state index in [1.54, 1.807) is 35.9 Å². The average Bonchev–Trinajstić information content (AvgIpc) is 2.85. The van der Waals surface area contributed by atoms with Gasteiger partial charge in [-0.2, -0.15) is 0 Å². The smallest absolute Gasteiger partial charge is 0.325 e. The van der Waals surface area contributed by atoms with Crippen LogP contribution < -0.4 is 24.6 Å². The van der Waals surface area contributed by atoms with Gasteiger partial charge in [0.1, 0.15) is 11.5 Å². The number of fused-ring (bicyclic) bond motifs is 3. The molecule has 0 saturated heterocycles. The summed E-state index contributed by atoms with van der Waals surface area (Å²) in [6.45, 7) is 3.66. The molecule has 2 heterocycles. The van der Waals surface area contributed by atoms with E-state index in [1.807, 2.05) is 30.3 Å². The number of para-hydroxylation sites is 1. The number of nitrogens with one attached hydrogen (secondary N) is 1. The average molecular weight is 482 g/mol. The second kappa shape index (κ2) is 10.3. The minimum atomic E-state index is -0.732. The molecule has 3 aromatic rings. The van der Waals surface area contributed by atoms with Gasteiger partial charge in [0.2, 0.25) is 11.1 Å². The summed E-state index contributed by atoms with van der Waals surface area (Å²) in [6.07, 6.45) is 2.53. The highest BCUT2D eigenvalue weighted by atomic mass is 32.2. The quantitative estimate of drug-likeness (QED) is 0.298. The number of anilines is 1. The number of methoxy groups -OCH3 is 2. The number of carbonyl (C=O) groups is 1. The Morgan fingerprint density at radius 3 is 2.68 bits per heavy atom. The first kappa shape index (κ1) is 23.8. The molecule has 0 fully saturated rings. The Morgan fingerprint density at radius 2 is 1.97 bits per heavy atom. The van der Waals surface area contributed by atoms with Crippen LogP contribution in [0.15, 0.2) is 52.4 Å². The van der Waals surface area contributed by atoms with Gasteiger partial charge in [-0.15, -0.1) is 0 Å². The molecule has 1 amide bonds. The van der Waals surface area contributed by atoms with E-state index in [4.69, 9.17) is 14.6 Å². The highest BCUT2D eigenvalue weighted by Gasteiger charge is 2.46. The van der Waals surface area contributed by atoms with Crippen molar-refractivity contribution in [1.29, 1.82) is 0 Å². The van der Waals surface area contributed by atoms with E-state index in [9.17, 15) is 9.59 Å². The van der Waals surface area contributed by atoms with Gasteiger partial charge in [0, 0.05) is 17.8 Å². The van der Waals surface area contributed by atoms with Crippen LogP contribution >= 0.6 is 11.8 Å². The third kappa shape index (κ3) is 4.40. The zero-order chi connectivity index (χ0) is 24.2. The number of aromatic amines is 1. The third-order valence-corrected chi connectivity index (χ3v) is 6.75. The molecule has 9 heteroatoms. The first-order chi connectivity index (χ1) is 16.5. The summed E-state index contributed by atoms with van der Waals surface area (Å²) in [4.78, 5) is 31.0. The molecular formula is C25H29N4O4S+. The van der Waals surface area contributed by atoms with Crippen LogP contribution in [0.25, 0.3) is 11.3 Å². The Labute approximate surface area is 202 Å². The van der Waals surface area contributed by atoms with Crippen molar-refractivity contribution in [2.45, 2.75) is 44.4 Å². The van der Waals surface area contributed by atoms with Gasteiger partial charge in [0.15, 0.2) is 0 Å². The largest absolute Gasteiger partial charge is 0.497 e. The SMILES string of the molecule is CCCCCSc1n[n+]2c(c(=O)[nH]1)-c1ccccc1N(C(C)=O)C2c1cc(OC)ccc1OC. The lowest BCUT2D eigenvalue weighted by Crippen LogP contribution is -2.60. The monoisotopic (exact) mass is 481 g/mol. The van der Waals surface area contributed by atoms with Crippen molar-refractivity contribution >= 4 is 23.4 Å². The van der Waals surface area contributed by atoms with E-state index in [-0.39, 0.29) is 11.5 Å². The number of H-pyrrole nitrogens is 1. The number of aromatic nitrogens is 3. The van der Waals surface area contributed by atoms with Crippen molar-refractivity contribution in [1.82, 2.24) is 10.1 Å². The summed E-state index contributed by atoms with van der Waals surface area (Å²) in [5.74, 6) is 1.84. The summed E-state index contributed by atoms with van der Waals surface area (Å²) in [6, 6.07) is 12.8. The zero-order valence-electron chi connectivity index (χ0n) is 19.8. The lowest BCUT2D eigenvalue weighted by Gasteiger charge is -2.32. The van der Waals surface area contributed by atoms with Crippen molar-refractivity contribution in [2.24, 2.45) is 0 Å². The summed E-state index contributed by atoms with van der Waals surface area (Å²) < 4.78 is 12.8. The number of carbonyl (C=O) groups excluding carboxylic acids is 1. The van der Waals surface area contributed by atoms with Crippen molar-refractivity contribution in [3.63, 3.8) is 0 Å². The molecule has 1 unspecified atom stereocenters. The molecule has 1 aromatic heterocycles. The number of hydrogen-bond acceptors (Lipinski definition) is 6. The number of rotatable bonds is 8. The van der Waals surface area contributed by atoms with E-state index >= 15 is 0 Å². The topological polar surface area (TPSA) is 88.4 Å². The summed E-state index contributed by atoms with van der Waals surface area (Å²) in [5, 5.41) is 5.34. The van der Waals surface area contributed by atoms with Gasteiger partial charge < -0.3 is 9.47 Å². The molecule has 0 spiro atoms. The first-order valence-electron chi connectivity index (χ1n) is 11.3. The van der Waals surface area contributed by atoms with Crippen molar-refractivity contribution < 1.29 is 19.0 Å². The first-order valence-corrected chi connectivity index (χ1v) is 12.3. The Kier molecular flexibility index (Phi) is 7.21.